The van der Waals surface area contributed by atoms with Crippen LogP contribution in [0.4, 0.5) is 0 Å². The summed E-state index contributed by atoms with van der Waals surface area (Å²) in [6.07, 6.45) is 3.39. The van der Waals surface area contributed by atoms with Gasteiger partial charge in [0.1, 0.15) is 0 Å². The molecule has 0 saturated heterocycles. The van der Waals surface area contributed by atoms with E-state index >= 15 is 0 Å². The lowest BCUT2D eigenvalue weighted by molar-refractivity contribution is 0.0950. The predicted octanol–water partition coefficient (Wildman–Crippen LogP) is 4.68. The van der Waals surface area contributed by atoms with Crippen LogP contribution in [0.3, 0.4) is 0 Å². The third kappa shape index (κ3) is 4.55. The van der Waals surface area contributed by atoms with Gasteiger partial charge in [0.25, 0.3) is 5.91 Å². The number of fused-ring (bicyclic) bond motifs is 1. The summed E-state index contributed by atoms with van der Waals surface area (Å²) in [5.74, 6) is 3.11. The van der Waals surface area contributed by atoms with Crippen LogP contribution in [0.5, 0.6) is 11.5 Å². The average molecular weight is 475 g/mol. The lowest BCUT2D eigenvalue weighted by Crippen LogP contribution is -2.23. The minimum absolute atomic E-state index is 0.141. The Morgan fingerprint density at radius 2 is 2.00 bits per heavy atom. The zero-order chi connectivity index (χ0) is 23.3. The molecule has 1 amide bonds. The number of amides is 1. The number of nitrogens with zero attached hydrogens (tertiary/aromatic N) is 3. The Morgan fingerprint density at radius 3 is 2.85 bits per heavy atom. The van der Waals surface area contributed by atoms with E-state index in [1.807, 2.05) is 59.2 Å². The van der Waals surface area contributed by atoms with E-state index in [-0.39, 0.29) is 12.7 Å². The fourth-order valence-corrected chi connectivity index (χ4v) is 4.57. The van der Waals surface area contributed by atoms with Crippen LogP contribution in [-0.4, -0.2) is 27.5 Å². The number of rotatable bonds is 9. The monoisotopic (exact) mass is 474 g/mol. The Labute approximate surface area is 200 Å². The van der Waals surface area contributed by atoms with Crippen molar-refractivity contribution in [2.45, 2.75) is 24.0 Å². The molecule has 4 aromatic rings. The fraction of sp³-hybridized carbons (Fsp3) is 0.160. The van der Waals surface area contributed by atoms with Crippen molar-refractivity contribution in [1.29, 1.82) is 0 Å². The summed E-state index contributed by atoms with van der Waals surface area (Å²) in [6.45, 7) is 4.99. The van der Waals surface area contributed by atoms with Gasteiger partial charge in [0.2, 0.25) is 12.6 Å². The molecule has 0 spiro atoms. The van der Waals surface area contributed by atoms with Gasteiger partial charge in [-0.2, -0.15) is 0 Å². The second-order valence-corrected chi connectivity index (χ2v) is 8.44. The van der Waals surface area contributed by atoms with E-state index in [4.69, 9.17) is 13.9 Å². The van der Waals surface area contributed by atoms with Crippen molar-refractivity contribution in [2.24, 2.45) is 0 Å². The number of ether oxygens (including phenoxy) is 2. The number of hydrogen-bond acceptors (Lipinski definition) is 7. The Kier molecular flexibility index (Phi) is 6.35. The van der Waals surface area contributed by atoms with Crippen molar-refractivity contribution in [1.82, 2.24) is 20.1 Å². The van der Waals surface area contributed by atoms with Crippen molar-refractivity contribution in [3.05, 3.63) is 90.2 Å². The molecular weight excluding hydrogens is 452 g/mol. The molecule has 9 heteroatoms. The van der Waals surface area contributed by atoms with Crippen LogP contribution < -0.4 is 14.8 Å². The molecule has 2 aromatic carbocycles. The number of allylic oxidation sites excluding steroid dienone is 1. The topological polar surface area (TPSA) is 91.4 Å². The Hall–Kier alpha value is -3.98. The molecule has 0 fully saturated rings. The molecule has 0 atom stereocenters. The fourth-order valence-electron chi connectivity index (χ4n) is 3.62. The van der Waals surface area contributed by atoms with Crippen molar-refractivity contribution in [3.63, 3.8) is 0 Å². The van der Waals surface area contributed by atoms with Gasteiger partial charge in [-0.15, -0.1) is 16.8 Å². The van der Waals surface area contributed by atoms with Gasteiger partial charge in [-0.25, -0.2) is 0 Å². The highest BCUT2D eigenvalue weighted by Crippen LogP contribution is 2.32. The van der Waals surface area contributed by atoms with Crippen molar-refractivity contribution >= 4 is 17.7 Å². The first-order valence-corrected chi connectivity index (χ1v) is 11.7. The zero-order valence-corrected chi connectivity index (χ0v) is 19.1. The quantitative estimate of drug-likeness (QED) is 0.278. The highest BCUT2D eigenvalue weighted by atomic mass is 32.2. The summed E-state index contributed by atoms with van der Waals surface area (Å²) in [4.78, 5) is 13.0. The van der Waals surface area contributed by atoms with Crippen molar-refractivity contribution in [3.8, 4) is 23.1 Å². The molecule has 5 rings (SSSR count). The Morgan fingerprint density at radius 1 is 1.12 bits per heavy atom. The maximum atomic E-state index is 13.0. The summed E-state index contributed by atoms with van der Waals surface area (Å²) < 4.78 is 18.2. The molecule has 2 aromatic heterocycles. The van der Waals surface area contributed by atoms with E-state index < -0.39 is 0 Å². The molecular formula is C25H22N4O4S. The average Bonchev–Trinajstić information content (AvgIpc) is 3.62. The van der Waals surface area contributed by atoms with Crippen LogP contribution in [0, 0.1) is 0 Å². The zero-order valence-electron chi connectivity index (χ0n) is 18.3. The number of furan rings is 1. The molecule has 0 unspecified atom stereocenters. The highest BCUT2D eigenvalue weighted by Gasteiger charge is 2.18. The summed E-state index contributed by atoms with van der Waals surface area (Å²) in [7, 11) is 0. The van der Waals surface area contributed by atoms with E-state index in [9.17, 15) is 4.79 Å². The van der Waals surface area contributed by atoms with Crippen LogP contribution in [0.1, 0.15) is 21.5 Å². The largest absolute Gasteiger partial charge is 0.461 e. The van der Waals surface area contributed by atoms with Crippen LogP contribution >= 0.6 is 11.8 Å². The number of hydrogen-bond donors (Lipinski definition) is 1. The van der Waals surface area contributed by atoms with E-state index in [0.29, 0.717) is 41.7 Å². The molecule has 34 heavy (non-hydrogen) atoms. The van der Waals surface area contributed by atoms with E-state index in [2.05, 4.69) is 22.1 Å². The van der Waals surface area contributed by atoms with Crippen LogP contribution in [0.15, 0.2) is 83.1 Å². The van der Waals surface area contributed by atoms with Gasteiger partial charge in [-0.3, -0.25) is 9.36 Å². The minimum atomic E-state index is -0.141. The van der Waals surface area contributed by atoms with Crippen LogP contribution in [0.2, 0.25) is 0 Å². The maximum Gasteiger partial charge on any atom is 0.251 e. The Bertz CT molecular complexity index is 1320. The lowest BCUT2D eigenvalue weighted by Gasteiger charge is -2.11. The van der Waals surface area contributed by atoms with Gasteiger partial charge in [0, 0.05) is 24.4 Å². The van der Waals surface area contributed by atoms with Gasteiger partial charge in [0.15, 0.2) is 22.4 Å². The number of nitrogens with one attached hydrogen (secondary N) is 1. The summed E-state index contributed by atoms with van der Waals surface area (Å²) >= 11 is 1.51. The maximum absolute atomic E-state index is 13.0. The third-order valence-electron chi connectivity index (χ3n) is 5.28. The van der Waals surface area contributed by atoms with Crippen molar-refractivity contribution < 1.29 is 18.7 Å². The van der Waals surface area contributed by atoms with E-state index in [1.54, 1.807) is 12.3 Å². The van der Waals surface area contributed by atoms with Crippen LogP contribution in [0.25, 0.3) is 11.6 Å². The Balaban J connectivity index is 1.28. The number of carbonyl (C=O) groups excluding carboxylic acids is 1. The molecule has 3 heterocycles. The number of thioether (sulfide) groups is 1. The van der Waals surface area contributed by atoms with Gasteiger partial charge >= 0.3 is 0 Å². The van der Waals surface area contributed by atoms with Gasteiger partial charge in [-0.1, -0.05) is 42.1 Å². The van der Waals surface area contributed by atoms with Gasteiger partial charge in [-0.05, 0) is 41.5 Å². The van der Waals surface area contributed by atoms with E-state index in [1.165, 1.54) is 11.8 Å². The molecule has 0 saturated carbocycles. The number of aromatic nitrogens is 3. The van der Waals surface area contributed by atoms with Crippen LogP contribution in [-0.2, 0) is 18.8 Å². The summed E-state index contributed by atoms with van der Waals surface area (Å²) in [6, 6.07) is 16.9. The molecule has 1 aliphatic heterocycles. The number of benzene rings is 2. The molecule has 1 aliphatic rings. The minimum Gasteiger partial charge on any atom is -0.461 e. The molecule has 0 bridgehead atoms. The van der Waals surface area contributed by atoms with Gasteiger partial charge < -0.3 is 19.2 Å². The SMILES string of the molecule is C=CCn1c(SCc2ccccc2C(=O)NCc2ccc3c(c2)OCO3)nnc1-c1ccco1. The van der Waals surface area contributed by atoms with Crippen molar-refractivity contribution in [2.75, 3.05) is 6.79 Å². The standard InChI is InChI=1S/C25H22N4O4S/c1-2-11-29-23(21-8-5-12-31-21)27-28-25(29)34-15-18-6-3-4-7-19(18)24(30)26-14-17-9-10-20-22(13-17)33-16-32-20/h2-10,12-13H,1,11,14-16H2,(H,26,30). The molecule has 172 valence electrons. The molecule has 1 N–H and O–H groups in total. The normalized spacial score (nSPS) is 12.0. The summed E-state index contributed by atoms with van der Waals surface area (Å²) in [5, 5.41) is 12.3. The molecule has 0 radical (unpaired) electrons. The number of carbonyl (C=O) groups is 1. The predicted molar refractivity (Wildman–Crippen MR) is 128 cm³/mol. The second kappa shape index (κ2) is 9.88. The van der Waals surface area contributed by atoms with Gasteiger partial charge in [0.05, 0.1) is 6.26 Å². The highest BCUT2D eigenvalue weighted by molar-refractivity contribution is 7.98. The lowest BCUT2D eigenvalue weighted by atomic mass is 10.1. The smallest absolute Gasteiger partial charge is 0.251 e. The van der Waals surface area contributed by atoms with E-state index in [0.717, 1.165) is 22.0 Å². The summed E-state index contributed by atoms with van der Waals surface area (Å²) in [5.41, 5.74) is 2.47. The third-order valence-corrected chi connectivity index (χ3v) is 6.29. The molecule has 8 nitrogen and oxygen atoms in total. The first-order chi connectivity index (χ1) is 16.7. The first kappa shape index (κ1) is 21.8. The molecule has 0 aliphatic carbocycles. The second-order valence-electron chi connectivity index (χ2n) is 7.50. The first-order valence-electron chi connectivity index (χ1n) is 10.7.